The number of hydrogen-bond acceptors (Lipinski definition) is 3. The lowest BCUT2D eigenvalue weighted by atomic mass is 9.83. The van der Waals surface area contributed by atoms with E-state index >= 15 is 0 Å². The molecule has 3 nitrogen and oxygen atoms in total. The third-order valence-electron chi connectivity index (χ3n) is 3.85. The van der Waals surface area contributed by atoms with Gasteiger partial charge in [-0.15, -0.1) is 0 Å². The number of ether oxygens (including phenoxy) is 2. The molecule has 1 saturated carbocycles. The van der Waals surface area contributed by atoms with Crippen molar-refractivity contribution in [1.82, 2.24) is 0 Å². The van der Waals surface area contributed by atoms with Crippen molar-refractivity contribution in [2.45, 2.75) is 44.6 Å². The second-order valence-corrected chi connectivity index (χ2v) is 5.18. The maximum absolute atomic E-state index is 11.4. The van der Waals surface area contributed by atoms with E-state index in [9.17, 15) is 4.79 Å². The minimum absolute atomic E-state index is 0.0770. The molecule has 0 radical (unpaired) electrons. The summed E-state index contributed by atoms with van der Waals surface area (Å²) in [6.45, 7) is 1.82. The van der Waals surface area contributed by atoms with Gasteiger partial charge >= 0.3 is 5.97 Å². The Kier molecular flexibility index (Phi) is 5.22. The molecule has 2 rings (SSSR count). The van der Waals surface area contributed by atoms with E-state index in [2.05, 4.69) is 12.1 Å². The van der Waals surface area contributed by atoms with Gasteiger partial charge in [-0.1, -0.05) is 18.2 Å². The van der Waals surface area contributed by atoms with Gasteiger partial charge in [0.2, 0.25) is 0 Å². The summed E-state index contributed by atoms with van der Waals surface area (Å²) >= 11 is 0. The Bertz CT molecular complexity index is 454. The lowest BCUT2D eigenvalue weighted by molar-refractivity contribution is -0.144. The summed E-state index contributed by atoms with van der Waals surface area (Å²) in [5, 5.41) is 0. The molecule has 1 aliphatic rings. The van der Waals surface area contributed by atoms with Crippen LogP contribution < -0.4 is 4.74 Å². The second-order valence-electron chi connectivity index (χ2n) is 5.18. The molecule has 0 N–H and O–H groups in total. The fourth-order valence-corrected chi connectivity index (χ4v) is 2.73. The molecular weight excluding hydrogens is 252 g/mol. The van der Waals surface area contributed by atoms with E-state index in [1.54, 1.807) is 13.2 Å². The first-order valence-corrected chi connectivity index (χ1v) is 7.20. The largest absolute Gasteiger partial charge is 0.497 e. The molecule has 108 valence electrons. The quantitative estimate of drug-likeness (QED) is 0.618. The van der Waals surface area contributed by atoms with Gasteiger partial charge in [0, 0.05) is 6.08 Å². The van der Waals surface area contributed by atoms with Crippen molar-refractivity contribution in [2.75, 3.05) is 7.11 Å². The van der Waals surface area contributed by atoms with Crippen LogP contribution in [0.4, 0.5) is 0 Å². The summed E-state index contributed by atoms with van der Waals surface area (Å²) in [6, 6.07) is 8.28. The smallest absolute Gasteiger partial charge is 0.330 e. The van der Waals surface area contributed by atoms with Gasteiger partial charge in [-0.3, -0.25) is 0 Å². The average Bonchev–Trinajstić information content (AvgIpc) is 2.48. The first kappa shape index (κ1) is 14.6. The van der Waals surface area contributed by atoms with E-state index in [4.69, 9.17) is 9.47 Å². The van der Waals surface area contributed by atoms with Crippen molar-refractivity contribution < 1.29 is 14.3 Å². The van der Waals surface area contributed by atoms with Crippen molar-refractivity contribution in [3.8, 4) is 5.75 Å². The minimum atomic E-state index is -0.222. The van der Waals surface area contributed by atoms with Crippen LogP contribution >= 0.6 is 0 Å². The molecule has 0 heterocycles. The third-order valence-corrected chi connectivity index (χ3v) is 3.85. The van der Waals surface area contributed by atoms with Crippen LogP contribution in [0.15, 0.2) is 36.4 Å². The van der Waals surface area contributed by atoms with Gasteiger partial charge in [-0.2, -0.15) is 0 Å². The van der Waals surface area contributed by atoms with E-state index < -0.39 is 0 Å². The molecule has 0 atom stereocenters. The topological polar surface area (TPSA) is 35.5 Å². The molecule has 1 aliphatic carbocycles. The lowest BCUT2D eigenvalue weighted by Crippen LogP contribution is -2.23. The van der Waals surface area contributed by atoms with E-state index in [0.29, 0.717) is 5.92 Å². The maximum Gasteiger partial charge on any atom is 0.330 e. The van der Waals surface area contributed by atoms with Crippen LogP contribution in [0.1, 0.15) is 44.1 Å². The first-order valence-electron chi connectivity index (χ1n) is 7.20. The number of benzene rings is 1. The Labute approximate surface area is 120 Å². The second kappa shape index (κ2) is 7.13. The Morgan fingerprint density at radius 3 is 2.35 bits per heavy atom. The molecule has 0 aliphatic heterocycles. The highest BCUT2D eigenvalue weighted by Gasteiger charge is 2.24. The molecule has 3 heteroatoms. The number of esters is 1. The van der Waals surface area contributed by atoms with Gasteiger partial charge < -0.3 is 9.47 Å². The van der Waals surface area contributed by atoms with Crippen LogP contribution in [-0.2, 0) is 9.53 Å². The Morgan fingerprint density at radius 1 is 1.15 bits per heavy atom. The predicted molar refractivity (Wildman–Crippen MR) is 78.9 cm³/mol. The zero-order valence-corrected chi connectivity index (χ0v) is 12.2. The van der Waals surface area contributed by atoms with Crippen LogP contribution in [0.5, 0.6) is 5.75 Å². The predicted octanol–water partition coefficient (Wildman–Crippen LogP) is 3.84. The fourth-order valence-electron chi connectivity index (χ4n) is 2.73. The molecule has 0 aromatic heterocycles. The molecule has 0 bridgehead atoms. The van der Waals surface area contributed by atoms with E-state index in [0.717, 1.165) is 31.4 Å². The van der Waals surface area contributed by atoms with Crippen LogP contribution in [0.2, 0.25) is 0 Å². The van der Waals surface area contributed by atoms with Gasteiger partial charge in [-0.25, -0.2) is 4.79 Å². The molecular formula is C17H22O3. The number of allylic oxidation sites excluding steroid dienone is 1. The number of carbonyl (C=O) groups is 1. The Morgan fingerprint density at radius 2 is 1.80 bits per heavy atom. The summed E-state index contributed by atoms with van der Waals surface area (Å²) in [7, 11) is 1.68. The molecule has 0 amide bonds. The van der Waals surface area contributed by atoms with Crippen LogP contribution in [0.25, 0.3) is 0 Å². The molecule has 20 heavy (non-hydrogen) atoms. The van der Waals surface area contributed by atoms with Gasteiger partial charge in [-0.05, 0) is 56.2 Å². The number of methoxy groups -OCH3 is 1. The lowest BCUT2D eigenvalue weighted by Gasteiger charge is -2.28. The first-order chi connectivity index (χ1) is 9.72. The molecule has 1 fully saturated rings. The van der Waals surface area contributed by atoms with Crippen LogP contribution in [0, 0.1) is 0 Å². The molecule has 1 aromatic rings. The Hall–Kier alpha value is -1.77. The number of carbonyl (C=O) groups excluding carboxylic acids is 1. The molecule has 0 spiro atoms. The third kappa shape index (κ3) is 3.86. The van der Waals surface area contributed by atoms with E-state index in [-0.39, 0.29) is 12.1 Å². The standard InChI is InChI=1S/C17H22O3/c1-3-4-17(18)20-16-11-7-14(8-12-16)13-5-9-15(19-2)10-6-13/h3-6,9-10,14,16H,7-8,11-12H2,1-2H3. The number of hydrogen-bond donors (Lipinski definition) is 0. The van der Waals surface area contributed by atoms with Gasteiger partial charge in [0.1, 0.15) is 11.9 Å². The highest BCUT2D eigenvalue weighted by molar-refractivity contribution is 5.81. The summed E-state index contributed by atoms with van der Waals surface area (Å²) in [4.78, 5) is 11.4. The van der Waals surface area contributed by atoms with Crippen LogP contribution in [0.3, 0.4) is 0 Å². The maximum atomic E-state index is 11.4. The zero-order chi connectivity index (χ0) is 14.4. The van der Waals surface area contributed by atoms with Crippen molar-refractivity contribution in [3.63, 3.8) is 0 Å². The summed E-state index contributed by atoms with van der Waals surface area (Å²) in [5.41, 5.74) is 1.35. The molecule has 0 saturated heterocycles. The Balaban J connectivity index is 1.85. The molecule has 1 aromatic carbocycles. The van der Waals surface area contributed by atoms with Crippen molar-refractivity contribution in [3.05, 3.63) is 42.0 Å². The van der Waals surface area contributed by atoms with Crippen molar-refractivity contribution in [2.24, 2.45) is 0 Å². The van der Waals surface area contributed by atoms with Crippen LogP contribution in [-0.4, -0.2) is 19.2 Å². The monoisotopic (exact) mass is 274 g/mol. The normalized spacial score (nSPS) is 22.7. The minimum Gasteiger partial charge on any atom is -0.497 e. The van der Waals surface area contributed by atoms with Crippen molar-refractivity contribution in [1.29, 1.82) is 0 Å². The molecule has 0 unspecified atom stereocenters. The van der Waals surface area contributed by atoms with Crippen molar-refractivity contribution >= 4 is 5.97 Å². The fraction of sp³-hybridized carbons (Fsp3) is 0.471. The number of rotatable bonds is 4. The average molecular weight is 274 g/mol. The highest BCUT2D eigenvalue weighted by atomic mass is 16.5. The summed E-state index contributed by atoms with van der Waals surface area (Å²) in [6.07, 6.45) is 7.30. The zero-order valence-electron chi connectivity index (χ0n) is 12.2. The SMILES string of the molecule is CC=CC(=O)OC1CCC(c2ccc(OC)cc2)CC1. The van der Waals surface area contributed by atoms with E-state index in [1.807, 2.05) is 19.1 Å². The van der Waals surface area contributed by atoms with E-state index in [1.165, 1.54) is 11.6 Å². The van der Waals surface area contributed by atoms with Gasteiger partial charge in [0.15, 0.2) is 0 Å². The summed E-state index contributed by atoms with van der Waals surface area (Å²) in [5.74, 6) is 1.24. The highest BCUT2D eigenvalue weighted by Crippen LogP contribution is 2.34. The summed E-state index contributed by atoms with van der Waals surface area (Å²) < 4.78 is 10.6. The van der Waals surface area contributed by atoms with Gasteiger partial charge in [0.05, 0.1) is 7.11 Å². The van der Waals surface area contributed by atoms with Gasteiger partial charge in [0.25, 0.3) is 0 Å².